The zero-order valence-electron chi connectivity index (χ0n) is 16.3. The van der Waals surface area contributed by atoms with Crippen LogP contribution in [0.2, 0.25) is 0 Å². The lowest BCUT2D eigenvalue weighted by atomic mass is 9.67. The quantitative estimate of drug-likeness (QED) is 0.877. The van der Waals surface area contributed by atoms with Gasteiger partial charge in [-0.25, -0.2) is 0 Å². The molecule has 1 heterocycles. The number of rotatable bonds is 3. The normalized spacial score (nSPS) is 24.0. The van der Waals surface area contributed by atoms with Crippen LogP contribution < -0.4 is 9.47 Å². The van der Waals surface area contributed by atoms with Crippen molar-refractivity contribution in [2.75, 3.05) is 14.2 Å². The van der Waals surface area contributed by atoms with Crippen molar-refractivity contribution in [3.05, 3.63) is 29.0 Å². The van der Waals surface area contributed by atoms with Gasteiger partial charge in [0, 0.05) is 29.3 Å². The Bertz CT molecular complexity index is 880. The molecule has 6 heteroatoms. The molecule has 0 radical (unpaired) electrons. The number of phenols is 1. The fourth-order valence-corrected chi connectivity index (χ4v) is 4.07. The lowest BCUT2D eigenvalue weighted by molar-refractivity contribution is -0.118. The average molecular weight is 368 g/mol. The number of methoxy groups -OCH3 is 2. The van der Waals surface area contributed by atoms with Crippen LogP contribution >= 0.6 is 0 Å². The summed E-state index contributed by atoms with van der Waals surface area (Å²) in [5.74, 6) is -0.626. The van der Waals surface area contributed by atoms with Crippen LogP contribution in [0.5, 0.6) is 17.2 Å². The maximum absolute atomic E-state index is 13.0. The number of carbonyl (C=O) groups excluding carboxylic acids is 1. The molecule has 1 aromatic carbocycles. The molecule has 2 unspecified atom stereocenters. The molecule has 1 aromatic rings. The Labute approximate surface area is 159 Å². The highest BCUT2D eigenvalue weighted by Gasteiger charge is 2.43. The number of allylic oxidation sites excluding steroid dienone is 2. The van der Waals surface area contributed by atoms with E-state index in [9.17, 15) is 15.2 Å². The standard InChI is InChI=1S/C21H24N2O4/c1-11-13(10-22)18(12-6-16(26-4)20(25)17(7-12)27-5)19-14(23-11)8-21(2,3)9-15(19)24/h6-7,13,18,25H,8-9H2,1-5H3. The largest absolute Gasteiger partial charge is 0.502 e. The number of hydrogen-bond donors (Lipinski definition) is 1. The number of ether oxygens (including phenoxy) is 2. The van der Waals surface area contributed by atoms with Gasteiger partial charge in [0.15, 0.2) is 17.3 Å². The maximum atomic E-state index is 13.0. The van der Waals surface area contributed by atoms with Gasteiger partial charge >= 0.3 is 0 Å². The van der Waals surface area contributed by atoms with Crippen molar-refractivity contribution >= 4 is 11.5 Å². The monoisotopic (exact) mass is 368 g/mol. The molecule has 0 bridgehead atoms. The van der Waals surface area contributed by atoms with E-state index < -0.39 is 11.8 Å². The number of phenolic OH excluding ortho intramolecular Hbond substituents is 1. The number of carbonyl (C=O) groups is 1. The van der Waals surface area contributed by atoms with Crippen molar-refractivity contribution in [1.82, 2.24) is 0 Å². The Morgan fingerprint density at radius 3 is 2.33 bits per heavy atom. The van der Waals surface area contributed by atoms with Gasteiger partial charge in [-0.2, -0.15) is 5.26 Å². The summed E-state index contributed by atoms with van der Waals surface area (Å²) in [7, 11) is 2.90. The molecular weight excluding hydrogens is 344 g/mol. The first-order valence-electron chi connectivity index (χ1n) is 8.88. The molecule has 2 aliphatic rings. The van der Waals surface area contributed by atoms with Crippen LogP contribution in [0.25, 0.3) is 0 Å². The van der Waals surface area contributed by atoms with Crippen molar-refractivity contribution in [3.8, 4) is 23.3 Å². The summed E-state index contributed by atoms with van der Waals surface area (Å²) in [6.45, 7) is 5.93. The minimum Gasteiger partial charge on any atom is -0.502 e. The summed E-state index contributed by atoms with van der Waals surface area (Å²) in [4.78, 5) is 17.6. The fraction of sp³-hybridized carbons (Fsp3) is 0.476. The predicted molar refractivity (Wildman–Crippen MR) is 101 cm³/mol. The molecule has 0 saturated carbocycles. The second kappa shape index (κ2) is 6.73. The SMILES string of the molecule is COc1cc(C2C3=C(CC(C)(C)CC3=O)N=C(C)C2C#N)cc(OC)c1O. The zero-order chi connectivity index (χ0) is 19.9. The fourth-order valence-electron chi connectivity index (χ4n) is 4.07. The molecule has 3 rings (SSSR count). The van der Waals surface area contributed by atoms with E-state index in [0.29, 0.717) is 29.7 Å². The Hall–Kier alpha value is -2.81. The number of nitrogens with zero attached hydrogens (tertiary/aromatic N) is 2. The van der Waals surface area contributed by atoms with Gasteiger partial charge in [0.25, 0.3) is 0 Å². The van der Waals surface area contributed by atoms with Crippen molar-refractivity contribution in [3.63, 3.8) is 0 Å². The minimum atomic E-state index is -0.562. The van der Waals surface area contributed by atoms with Crippen molar-refractivity contribution in [2.45, 2.75) is 39.5 Å². The van der Waals surface area contributed by atoms with Gasteiger partial charge in [0.2, 0.25) is 5.75 Å². The number of aliphatic imine (C=N–C) groups is 1. The van der Waals surface area contributed by atoms with Crippen LogP contribution in [0, 0.1) is 22.7 Å². The van der Waals surface area contributed by atoms with E-state index in [-0.39, 0.29) is 28.4 Å². The Balaban J connectivity index is 2.24. The van der Waals surface area contributed by atoms with E-state index in [1.807, 2.05) is 6.92 Å². The highest BCUT2D eigenvalue weighted by molar-refractivity contribution is 6.03. The maximum Gasteiger partial charge on any atom is 0.200 e. The first-order chi connectivity index (χ1) is 12.7. The Morgan fingerprint density at radius 1 is 1.22 bits per heavy atom. The van der Waals surface area contributed by atoms with E-state index in [0.717, 1.165) is 5.70 Å². The highest BCUT2D eigenvalue weighted by atomic mass is 16.5. The summed E-state index contributed by atoms with van der Waals surface area (Å²) in [6.07, 6.45) is 1.10. The average Bonchev–Trinajstić information content (AvgIpc) is 2.59. The predicted octanol–water partition coefficient (Wildman–Crippen LogP) is 3.75. The topological polar surface area (TPSA) is 91.9 Å². The molecule has 0 fully saturated rings. The van der Waals surface area contributed by atoms with E-state index in [1.165, 1.54) is 14.2 Å². The van der Waals surface area contributed by atoms with Gasteiger partial charge in [-0.3, -0.25) is 9.79 Å². The van der Waals surface area contributed by atoms with Gasteiger partial charge in [0.05, 0.1) is 26.2 Å². The third-order valence-electron chi connectivity index (χ3n) is 5.30. The molecule has 6 nitrogen and oxygen atoms in total. The van der Waals surface area contributed by atoms with Crippen LogP contribution in [0.4, 0.5) is 0 Å². The number of Topliss-reactive ketones (excluding diaryl/α,β-unsaturated/α-hetero) is 1. The molecule has 1 N–H and O–H groups in total. The van der Waals surface area contributed by atoms with Gasteiger partial charge in [-0.05, 0) is 36.5 Å². The molecule has 1 aliphatic carbocycles. The Morgan fingerprint density at radius 2 is 1.81 bits per heavy atom. The smallest absolute Gasteiger partial charge is 0.200 e. The van der Waals surface area contributed by atoms with Crippen molar-refractivity contribution < 1.29 is 19.4 Å². The lowest BCUT2D eigenvalue weighted by Gasteiger charge is -2.38. The third kappa shape index (κ3) is 3.18. The third-order valence-corrected chi connectivity index (χ3v) is 5.30. The first kappa shape index (κ1) is 19.0. The first-order valence-corrected chi connectivity index (χ1v) is 8.88. The molecule has 142 valence electrons. The molecule has 27 heavy (non-hydrogen) atoms. The number of aromatic hydroxyl groups is 1. The van der Waals surface area contributed by atoms with Gasteiger partial charge < -0.3 is 14.6 Å². The molecule has 1 aliphatic heterocycles. The molecular formula is C21H24N2O4. The summed E-state index contributed by atoms with van der Waals surface area (Å²) in [6, 6.07) is 5.64. The van der Waals surface area contributed by atoms with Crippen LogP contribution in [-0.2, 0) is 4.79 Å². The van der Waals surface area contributed by atoms with Gasteiger partial charge in [-0.15, -0.1) is 0 Å². The number of benzene rings is 1. The molecule has 2 atom stereocenters. The summed E-state index contributed by atoms with van der Waals surface area (Å²) in [5, 5.41) is 20.0. The van der Waals surface area contributed by atoms with Crippen LogP contribution in [0.3, 0.4) is 0 Å². The van der Waals surface area contributed by atoms with E-state index in [1.54, 1.807) is 12.1 Å². The summed E-state index contributed by atoms with van der Waals surface area (Å²) < 4.78 is 10.5. The minimum absolute atomic E-state index is 0.0220. The molecule has 0 aromatic heterocycles. The van der Waals surface area contributed by atoms with E-state index in [2.05, 4.69) is 24.9 Å². The van der Waals surface area contributed by atoms with E-state index >= 15 is 0 Å². The van der Waals surface area contributed by atoms with Crippen LogP contribution in [-0.4, -0.2) is 30.8 Å². The second-order valence-electron chi connectivity index (χ2n) is 7.91. The molecule has 0 spiro atoms. The van der Waals surface area contributed by atoms with Crippen molar-refractivity contribution in [1.29, 1.82) is 5.26 Å². The number of nitriles is 1. The lowest BCUT2D eigenvalue weighted by Crippen LogP contribution is -2.35. The highest BCUT2D eigenvalue weighted by Crippen LogP contribution is 2.49. The molecule has 0 amide bonds. The molecule has 0 saturated heterocycles. The number of hydrogen-bond acceptors (Lipinski definition) is 6. The van der Waals surface area contributed by atoms with E-state index in [4.69, 9.17) is 9.47 Å². The number of ketones is 1. The second-order valence-corrected chi connectivity index (χ2v) is 7.91. The van der Waals surface area contributed by atoms with Gasteiger partial charge in [0.1, 0.15) is 0 Å². The summed E-state index contributed by atoms with van der Waals surface area (Å²) in [5.41, 5.74) is 2.59. The van der Waals surface area contributed by atoms with Crippen molar-refractivity contribution in [2.24, 2.45) is 16.3 Å². The van der Waals surface area contributed by atoms with Crippen LogP contribution in [0.1, 0.15) is 45.1 Å². The zero-order valence-corrected chi connectivity index (χ0v) is 16.3. The van der Waals surface area contributed by atoms with Crippen LogP contribution in [0.15, 0.2) is 28.4 Å². The van der Waals surface area contributed by atoms with Gasteiger partial charge in [-0.1, -0.05) is 13.8 Å². The Kier molecular flexibility index (Phi) is 4.73. The summed E-state index contributed by atoms with van der Waals surface area (Å²) >= 11 is 0.